The Balaban J connectivity index is 2.14. The van der Waals surface area contributed by atoms with Crippen molar-refractivity contribution in [3.63, 3.8) is 0 Å². The number of hydrogen-bond acceptors (Lipinski definition) is 3. The Kier molecular flexibility index (Phi) is 3.61. The molecule has 0 amide bonds. The molecule has 0 spiro atoms. The molecule has 0 unspecified atom stereocenters. The number of hydrogen-bond donors (Lipinski definition) is 1. The fraction of sp³-hybridized carbons (Fsp3) is 0.538. The molecule has 18 heavy (non-hydrogen) atoms. The minimum atomic E-state index is -0.349. The van der Waals surface area contributed by atoms with Gasteiger partial charge in [-0.1, -0.05) is 6.92 Å². The molecule has 1 N–H and O–H groups in total. The zero-order valence-electron chi connectivity index (χ0n) is 10.6. The normalized spacial score (nSPS) is 16.4. The third-order valence-electron chi connectivity index (χ3n) is 3.84. The SMILES string of the molecule is CCC1(CNc2cc(C)c([N+](=O)[O-])cc2Br)CC1. The molecule has 1 saturated carbocycles. The number of aryl methyl sites for hydroxylation is 1. The summed E-state index contributed by atoms with van der Waals surface area (Å²) in [6, 6.07) is 3.41. The van der Waals surface area contributed by atoms with Crippen LogP contribution in [-0.2, 0) is 0 Å². The van der Waals surface area contributed by atoms with Gasteiger partial charge in [0.15, 0.2) is 0 Å². The second kappa shape index (κ2) is 4.88. The van der Waals surface area contributed by atoms with E-state index < -0.39 is 0 Å². The Bertz CT molecular complexity index is 484. The van der Waals surface area contributed by atoms with Gasteiger partial charge >= 0.3 is 0 Å². The minimum absolute atomic E-state index is 0.157. The summed E-state index contributed by atoms with van der Waals surface area (Å²) in [7, 11) is 0. The lowest BCUT2D eigenvalue weighted by molar-refractivity contribution is -0.385. The highest BCUT2D eigenvalue weighted by molar-refractivity contribution is 9.10. The third kappa shape index (κ3) is 2.66. The summed E-state index contributed by atoms with van der Waals surface area (Å²) in [5.74, 6) is 0. The van der Waals surface area contributed by atoms with Crippen LogP contribution in [0.15, 0.2) is 16.6 Å². The number of nitrogens with zero attached hydrogens (tertiary/aromatic N) is 1. The Hall–Kier alpha value is -1.10. The first kappa shape index (κ1) is 13.3. The van der Waals surface area contributed by atoms with E-state index in [1.165, 1.54) is 19.3 Å². The van der Waals surface area contributed by atoms with E-state index in [9.17, 15) is 10.1 Å². The molecule has 0 aliphatic heterocycles. The molecule has 0 saturated heterocycles. The number of nitro groups is 1. The molecule has 0 bridgehead atoms. The monoisotopic (exact) mass is 312 g/mol. The Morgan fingerprint density at radius 1 is 1.50 bits per heavy atom. The molecule has 98 valence electrons. The average Bonchev–Trinajstić information content (AvgIpc) is 3.10. The topological polar surface area (TPSA) is 55.2 Å². The molecule has 0 atom stereocenters. The first-order valence-electron chi connectivity index (χ1n) is 6.16. The van der Waals surface area contributed by atoms with E-state index >= 15 is 0 Å². The largest absolute Gasteiger partial charge is 0.384 e. The van der Waals surface area contributed by atoms with Crippen molar-refractivity contribution in [1.82, 2.24) is 0 Å². The van der Waals surface area contributed by atoms with Crippen molar-refractivity contribution in [2.75, 3.05) is 11.9 Å². The Morgan fingerprint density at radius 2 is 2.17 bits per heavy atom. The molecule has 0 heterocycles. The van der Waals surface area contributed by atoms with Crippen LogP contribution in [0, 0.1) is 22.5 Å². The van der Waals surface area contributed by atoms with E-state index in [4.69, 9.17) is 0 Å². The quantitative estimate of drug-likeness (QED) is 0.652. The highest BCUT2D eigenvalue weighted by atomic mass is 79.9. The van der Waals surface area contributed by atoms with Gasteiger partial charge in [0.25, 0.3) is 5.69 Å². The summed E-state index contributed by atoms with van der Waals surface area (Å²) in [4.78, 5) is 10.5. The minimum Gasteiger partial charge on any atom is -0.384 e. The van der Waals surface area contributed by atoms with E-state index in [0.29, 0.717) is 11.0 Å². The van der Waals surface area contributed by atoms with Crippen LogP contribution in [0.5, 0.6) is 0 Å². The third-order valence-corrected chi connectivity index (χ3v) is 4.50. The zero-order chi connectivity index (χ0) is 13.3. The van der Waals surface area contributed by atoms with Crippen LogP contribution >= 0.6 is 15.9 Å². The lowest BCUT2D eigenvalue weighted by Gasteiger charge is -2.16. The molecule has 1 aromatic carbocycles. The van der Waals surface area contributed by atoms with Crippen LogP contribution in [-0.4, -0.2) is 11.5 Å². The highest BCUT2D eigenvalue weighted by Crippen LogP contribution is 2.48. The van der Waals surface area contributed by atoms with Crippen molar-refractivity contribution in [2.45, 2.75) is 33.1 Å². The molecule has 5 heteroatoms. The maximum absolute atomic E-state index is 10.8. The summed E-state index contributed by atoms with van der Waals surface area (Å²) in [6.07, 6.45) is 3.74. The van der Waals surface area contributed by atoms with Crippen molar-refractivity contribution in [2.24, 2.45) is 5.41 Å². The number of benzene rings is 1. The molecule has 0 radical (unpaired) electrons. The molecular weight excluding hydrogens is 296 g/mol. The van der Waals surface area contributed by atoms with Crippen LogP contribution in [0.25, 0.3) is 0 Å². The van der Waals surface area contributed by atoms with Gasteiger partial charge in [0, 0.05) is 28.3 Å². The number of nitro benzene ring substituents is 1. The fourth-order valence-corrected chi connectivity index (χ4v) is 2.59. The summed E-state index contributed by atoms with van der Waals surface area (Å²) < 4.78 is 0.756. The zero-order valence-corrected chi connectivity index (χ0v) is 12.2. The van der Waals surface area contributed by atoms with Gasteiger partial charge in [-0.05, 0) is 53.6 Å². The fourth-order valence-electron chi connectivity index (χ4n) is 2.12. The van der Waals surface area contributed by atoms with Gasteiger partial charge in [-0.15, -0.1) is 0 Å². The van der Waals surface area contributed by atoms with Crippen molar-refractivity contribution in [3.05, 3.63) is 32.3 Å². The predicted octanol–water partition coefficient (Wildman–Crippen LogP) is 4.27. The van der Waals surface area contributed by atoms with Gasteiger partial charge in [0.05, 0.1) is 4.92 Å². The second-order valence-electron chi connectivity index (χ2n) is 5.08. The second-order valence-corrected chi connectivity index (χ2v) is 5.94. The molecule has 2 rings (SSSR count). The van der Waals surface area contributed by atoms with Crippen LogP contribution in [0.4, 0.5) is 11.4 Å². The Morgan fingerprint density at radius 3 is 2.67 bits per heavy atom. The van der Waals surface area contributed by atoms with Gasteiger partial charge in [-0.2, -0.15) is 0 Å². The van der Waals surface area contributed by atoms with Gasteiger partial charge in [-0.25, -0.2) is 0 Å². The number of nitrogens with one attached hydrogen (secondary N) is 1. The van der Waals surface area contributed by atoms with Crippen LogP contribution in [0.2, 0.25) is 0 Å². The number of rotatable bonds is 5. The smallest absolute Gasteiger partial charge is 0.273 e. The standard InChI is InChI=1S/C13H17BrN2O2/c1-3-13(4-5-13)8-15-11-6-9(2)12(16(17)18)7-10(11)14/h6-7,15H,3-5,8H2,1-2H3. The molecular formula is C13H17BrN2O2. The van der Waals surface area contributed by atoms with Gasteiger partial charge < -0.3 is 5.32 Å². The summed E-state index contributed by atoms with van der Waals surface area (Å²) in [5.41, 5.74) is 2.24. The van der Waals surface area contributed by atoms with E-state index in [2.05, 4.69) is 28.2 Å². The predicted molar refractivity (Wildman–Crippen MR) is 76.0 cm³/mol. The van der Waals surface area contributed by atoms with Crippen LogP contribution in [0.3, 0.4) is 0 Å². The summed E-state index contributed by atoms with van der Waals surface area (Å²) in [6.45, 7) is 4.92. The Labute approximate surface area is 115 Å². The molecule has 0 aromatic heterocycles. The number of halogens is 1. The summed E-state index contributed by atoms with van der Waals surface area (Å²) in [5, 5.41) is 14.2. The van der Waals surface area contributed by atoms with Crippen LogP contribution in [0.1, 0.15) is 31.7 Å². The summed E-state index contributed by atoms with van der Waals surface area (Å²) >= 11 is 3.39. The van der Waals surface area contributed by atoms with Crippen molar-refractivity contribution in [1.29, 1.82) is 0 Å². The molecule has 4 nitrogen and oxygen atoms in total. The van der Waals surface area contributed by atoms with E-state index in [1.807, 2.05) is 6.07 Å². The molecule has 1 aliphatic carbocycles. The van der Waals surface area contributed by atoms with Gasteiger partial charge in [0.1, 0.15) is 0 Å². The first-order chi connectivity index (χ1) is 8.47. The lowest BCUT2D eigenvalue weighted by Crippen LogP contribution is -2.14. The van der Waals surface area contributed by atoms with Gasteiger partial charge in [0.2, 0.25) is 0 Å². The van der Waals surface area contributed by atoms with Crippen molar-refractivity contribution >= 4 is 27.3 Å². The first-order valence-corrected chi connectivity index (χ1v) is 6.95. The van der Waals surface area contributed by atoms with E-state index in [-0.39, 0.29) is 10.6 Å². The average molecular weight is 313 g/mol. The lowest BCUT2D eigenvalue weighted by atomic mass is 10.0. The molecule has 1 fully saturated rings. The van der Waals surface area contributed by atoms with E-state index in [0.717, 1.165) is 16.7 Å². The number of anilines is 1. The van der Waals surface area contributed by atoms with E-state index in [1.54, 1.807) is 13.0 Å². The maximum Gasteiger partial charge on any atom is 0.273 e. The van der Waals surface area contributed by atoms with Crippen LogP contribution < -0.4 is 5.32 Å². The van der Waals surface area contributed by atoms with Crippen molar-refractivity contribution < 1.29 is 4.92 Å². The van der Waals surface area contributed by atoms with Gasteiger partial charge in [-0.3, -0.25) is 10.1 Å². The molecule has 1 aliphatic rings. The maximum atomic E-state index is 10.8. The molecule has 1 aromatic rings. The van der Waals surface area contributed by atoms with Crippen molar-refractivity contribution in [3.8, 4) is 0 Å². The highest BCUT2D eigenvalue weighted by Gasteiger charge is 2.40.